The molecule has 3 rings (SSSR count). The van der Waals surface area contributed by atoms with E-state index in [2.05, 4.69) is 15.1 Å². The number of piperidine rings is 1. The van der Waals surface area contributed by atoms with Crippen molar-refractivity contribution in [2.24, 2.45) is 0 Å². The topological polar surface area (TPSA) is 72.1 Å². The molecule has 1 aliphatic heterocycles. The van der Waals surface area contributed by atoms with E-state index in [0.717, 1.165) is 48.6 Å². The smallest absolute Gasteiger partial charge is 0.227 e. The van der Waals surface area contributed by atoms with E-state index in [9.17, 15) is 4.79 Å². The van der Waals surface area contributed by atoms with E-state index < -0.39 is 0 Å². The van der Waals surface area contributed by atoms with Gasteiger partial charge in [0.1, 0.15) is 12.1 Å². The molecule has 0 spiro atoms. The van der Waals surface area contributed by atoms with Crippen LogP contribution in [0.15, 0.2) is 23.1 Å². The Balaban J connectivity index is 1.68. The van der Waals surface area contributed by atoms with Crippen molar-refractivity contribution in [1.82, 2.24) is 20.0 Å². The van der Waals surface area contributed by atoms with Crippen molar-refractivity contribution in [3.8, 4) is 0 Å². The van der Waals surface area contributed by atoms with Gasteiger partial charge in [-0.2, -0.15) is 0 Å². The highest BCUT2D eigenvalue weighted by atomic mass is 16.5. The maximum atomic E-state index is 12.6. The Hall–Kier alpha value is -2.24. The van der Waals surface area contributed by atoms with Crippen LogP contribution in [0.25, 0.3) is 0 Å². The lowest BCUT2D eigenvalue weighted by Gasteiger charge is -2.32. The van der Waals surface area contributed by atoms with Crippen LogP contribution in [0, 0.1) is 13.8 Å². The summed E-state index contributed by atoms with van der Waals surface area (Å²) in [5.41, 5.74) is 2.73. The van der Waals surface area contributed by atoms with Crippen LogP contribution in [0.1, 0.15) is 41.5 Å². The number of carbonyl (C=O) groups excluding carboxylic acids is 1. The lowest BCUT2D eigenvalue weighted by Crippen LogP contribution is -2.40. The van der Waals surface area contributed by atoms with Crippen molar-refractivity contribution in [3.63, 3.8) is 0 Å². The molecule has 1 aliphatic rings. The second kappa shape index (κ2) is 6.25. The van der Waals surface area contributed by atoms with Gasteiger partial charge in [0.05, 0.1) is 12.1 Å². The van der Waals surface area contributed by atoms with E-state index in [-0.39, 0.29) is 5.91 Å². The molecule has 0 aromatic carbocycles. The predicted octanol–water partition coefficient (Wildman–Crippen LogP) is 2.03. The van der Waals surface area contributed by atoms with Gasteiger partial charge in [-0.25, -0.2) is 9.97 Å². The lowest BCUT2D eigenvalue weighted by atomic mass is 9.94. The molecule has 116 valence electrons. The second-order valence-electron chi connectivity index (χ2n) is 5.79. The van der Waals surface area contributed by atoms with Crippen LogP contribution in [-0.2, 0) is 11.2 Å². The minimum Gasteiger partial charge on any atom is -0.361 e. The van der Waals surface area contributed by atoms with Gasteiger partial charge in [-0.05, 0) is 32.8 Å². The predicted molar refractivity (Wildman–Crippen MR) is 80.3 cm³/mol. The fourth-order valence-electron chi connectivity index (χ4n) is 3.00. The Labute approximate surface area is 129 Å². The first-order chi connectivity index (χ1) is 10.6. The maximum Gasteiger partial charge on any atom is 0.227 e. The van der Waals surface area contributed by atoms with E-state index in [1.165, 1.54) is 0 Å². The van der Waals surface area contributed by atoms with Crippen LogP contribution in [0.2, 0.25) is 0 Å². The zero-order valence-electron chi connectivity index (χ0n) is 13.0. The summed E-state index contributed by atoms with van der Waals surface area (Å²) in [6.07, 6.45) is 5.75. The van der Waals surface area contributed by atoms with Crippen LogP contribution in [0.5, 0.6) is 0 Å². The summed E-state index contributed by atoms with van der Waals surface area (Å²) in [7, 11) is 0. The van der Waals surface area contributed by atoms with Crippen molar-refractivity contribution < 1.29 is 9.32 Å². The van der Waals surface area contributed by atoms with Gasteiger partial charge in [0.2, 0.25) is 5.91 Å². The van der Waals surface area contributed by atoms with Crippen molar-refractivity contribution in [1.29, 1.82) is 0 Å². The van der Waals surface area contributed by atoms with Gasteiger partial charge in [-0.3, -0.25) is 4.79 Å². The Morgan fingerprint density at radius 3 is 3.00 bits per heavy atom. The number of nitrogens with zero attached hydrogens (tertiary/aromatic N) is 4. The molecule has 6 heteroatoms. The number of hydrogen-bond acceptors (Lipinski definition) is 5. The first-order valence-electron chi connectivity index (χ1n) is 7.60. The molecule has 2 aromatic rings. The third kappa shape index (κ3) is 3.00. The molecule has 1 saturated heterocycles. The Kier molecular flexibility index (Phi) is 4.18. The first kappa shape index (κ1) is 14.7. The van der Waals surface area contributed by atoms with Gasteiger partial charge in [0.25, 0.3) is 0 Å². The molecule has 1 atom stereocenters. The molecule has 3 heterocycles. The monoisotopic (exact) mass is 300 g/mol. The van der Waals surface area contributed by atoms with E-state index in [1.54, 1.807) is 12.5 Å². The number of rotatable bonds is 3. The van der Waals surface area contributed by atoms with Gasteiger partial charge >= 0.3 is 0 Å². The quantitative estimate of drug-likeness (QED) is 0.867. The number of aryl methyl sites for hydroxylation is 2. The van der Waals surface area contributed by atoms with Gasteiger partial charge in [0.15, 0.2) is 0 Å². The zero-order chi connectivity index (χ0) is 15.5. The minimum absolute atomic E-state index is 0.133. The number of likely N-dealkylation sites (tertiary alicyclic amines) is 1. The maximum absolute atomic E-state index is 12.6. The molecule has 22 heavy (non-hydrogen) atoms. The summed E-state index contributed by atoms with van der Waals surface area (Å²) >= 11 is 0. The molecule has 0 N–H and O–H groups in total. The molecule has 2 aromatic heterocycles. The normalized spacial score (nSPS) is 18.5. The summed E-state index contributed by atoms with van der Waals surface area (Å²) in [6, 6.07) is 1.94. The second-order valence-corrected chi connectivity index (χ2v) is 5.79. The van der Waals surface area contributed by atoms with Crippen molar-refractivity contribution in [2.75, 3.05) is 13.1 Å². The van der Waals surface area contributed by atoms with Crippen LogP contribution >= 0.6 is 0 Å². The molecular weight excluding hydrogens is 280 g/mol. The Morgan fingerprint density at radius 2 is 2.32 bits per heavy atom. The van der Waals surface area contributed by atoms with Gasteiger partial charge in [-0.1, -0.05) is 5.16 Å². The average Bonchev–Trinajstić information content (AvgIpc) is 2.88. The fraction of sp³-hybridized carbons (Fsp3) is 0.500. The molecule has 6 nitrogen and oxygen atoms in total. The standard InChI is InChI=1S/C16H20N4O2/c1-11-14(12(2)22-19-11)8-16(21)20-7-3-4-13(9-20)15-5-6-17-10-18-15/h5-6,10,13H,3-4,7-9H2,1-2H3. The molecular formula is C16H20N4O2. The number of carbonyl (C=O) groups is 1. The third-order valence-corrected chi connectivity index (χ3v) is 4.31. The molecule has 0 bridgehead atoms. The molecule has 0 radical (unpaired) electrons. The highest BCUT2D eigenvalue weighted by Crippen LogP contribution is 2.26. The summed E-state index contributed by atoms with van der Waals surface area (Å²) in [4.78, 5) is 22.8. The molecule has 1 unspecified atom stereocenters. The number of hydrogen-bond donors (Lipinski definition) is 0. The summed E-state index contributed by atoms with van der Waals surface area (Å²) < 4.78 is 5.14. The Bertz CT molecular complexity index is 634. The number of amides is 1. The molecule has 1 amide bonds. The van der Waals surface area contributed by atoms with E-state index in [0.29, 0.717) is 12.3 Å². The zero-order valence-corrected chi connectivity index (χ0v) is 13.0. The highest BCUT2D eigenvalue weighted by molar-refractivity contribution is 5.79. The summed E-state index contributed by atoms with van der Waals surface area (Å²) in [5, 5.41) is 3.91. The van der Waals surface area contributed by atoms with Gasteiger partial charge in [-0.15, -0.1) is 0 Å². The molecule has 0 saturated carbocycles. The van der Waals surface area contributed by atoms with E-state index in [4.69, 9.17) is 4.52 Å². The van der Waals surface area contributed by atoms with Crippen molar-refractivity contribution >= 4 is 5.91 Å². The summed E-state index contributed by atoms with van der Waals surface area (Å²) in [5.74, 6) is 1.16. The van der Waals surface area contributed by atoms with Crippen LogP contribution < -0.4 is 0 Å². The summed E-state index contributed by atoms with van der Waals surface area (Å²) in [6.45, 7) is 5.25. The SMILES string of the molecule is Cc1noc(C)c1CC(=O)N1CCCC(c2ccncn2)C1. The molecule has 0 aliphatic carbocycles. The van der Waals surface area contributed by atoms with Crippen LogP contribution in [0.4, 0.5) is 0 Å². The Morgan fingerprint density at radius 1 is 1.45 bits per heavy atom. The van der Waals surface area contributed by atoms with Gasteiger partial charge < -0.3 is 9.42 Å². The largest absolute Gasteiger partial charge is 0.361 e. The third-order valence-electron chi connectivity index (χ3n) is 4.31. The van der Waals surface area contributed by atoms with E-state index in [1.807, 2.05) is 24.8 Å². The lowest BCUT2D eigenvalue weighted by molar-refractivity contribution is -0.131. The first-order valence-corrected chi connectivity index (χ1v) is 7.60. The van der Waals surface area contributed by atoms with Crippen molar-refractivity contribution in [2.45, 2.75) is 39.0 Å². The van der Waals surface area contributed by atoms with Gasteiger partial charge in [0, 0.05) is 36.5 Å². The fourth-order valence-corrected chi connectivity index (χ4v) is 3.00. The minimum atomic E-state index is 0.133. The highest BCUT2D eigenvalue weighted by Gasteiger charge is 2.26. The molecule has 1 fully saturated rings. The van der Waals surface area contributed by atoms with Crippen LogP contribution in [0.3, 0.4) is 0 Å². The van der Waals surface area contributed by atoms with Crippen LogP contribution in [-0.4, -0.2) is 39.0 Å². The van der Waals surface area contributed by atoms with E-state index >= 15 is 0 Å². The number of aromatic nitrogens is 3. The average molecular weight is 300 g/mol. The van der Waals surface area contributed by atoms with Crippen molar-refractivity contribution in [3.05, 3.63) is 41.3 Å².